The van der Waals surface area contributed by atoms with Crippen LogP contribution in [0, 0.1) is 0 Å². The van der Waals surface area contributed by atoms with Crippen molar-refractivity contribution in [3.63, 3.8) is 0 Å². The van der Waals surface area contributed by atoms with Gasteiger partial charge in [0.05, 0.1) is 6.17 Å². The van der Waals surface area contributed by atoms with Crippen LogP contribution in [0.1, 0.15) is 6.42 Å². The van der Waals surface area contributed by atoms with Gasteiger partial charge in [-0.2, -0.15) is 0 Å². The molecule has 0 spiro atoms. The van der Waals surface area contributed by atoms with Crippen molar-refractivity contribution in [3.05, 3.63) is 0 Å². The van der Waals surface area contributed by atoms with Crippen LogP contribution in [0.2, 0.25) is 0 Å². The Morgan fingerprint density at radius 1 is 1.33 bits per heavy atom. The Hall–Kier alpha value is -0.160. The first-order valence-corrected chi connectivity index (χ1v) is 2.79. The van der Waals surface area contributed by atoms with Crippen LogP contribution in [0.25, 0.3) is 0 Å². The molecule has 0 heterocycles. The third kappa shape index (κ3) is 11.4. The maximum atomic E-state index is 5.29. The van der Waals surface area contributed by atoms with Gasteiger partial charge in [0.15, 0.2) is 0 Å². The van der Waals surface area contributed by atoms with Gasteiger partial charge in [-0.15, -0.1) is 0 Å². The fourth-order valence-electron chi connectivity index (χ4n) is 0.407. The third-order valence-corrected chi connectivity index (χ3v) is 0.910. The second kappa shape index (κ2) is 5.97. The lowest BCUT2D eigenvalue weighted by atomic mass is 10.3. The number of rotatable bonds is 3. The van der Waals surface area contributed by atoms with E-state index in [9.17, 15) is 0 Å². The Balaban J connectivity index is 0. The summed E-state index contributed by atoms with van der Waals surface area (Å²) >= 11 is 0. The highest BCUT2D eigenvalue weighted by Crippen LogP contribution is 1.81. The molecule has 0 aliphatic carbocycles. The second-order valence-electron chi connectivity index (χ2n) is 2.26. The highest BCUT2D eigenvalue weighted by atomic mass is 15.1. The quantitative estimate of drug-likeness (QED) is 0.447. The van der Waals surface area contributed by atoms with Crippen molar-refractivity contribution in [1.82, 2.24) is 11.1 Å². The van der Waals surface area contributed by atoms with Gasteiger partial charge < -0.3 is 22.5 Å². The first kappa shape index (κ1) is 11.6. The van der Waals surface area contributed by atoms with Crippen molar-refractivity contribution >= 4 is 0 Å². The van der Waals surface area contributed by atoms with E-state index < -0.39 is 0 Å². The molecule has 9 heavy (non-hydrogen) atoms. The molecule has 0 bridgehead atoms. The lowest BCUT2D eigenvalue weighted by Crippen LogP contribution is -2.33. The van der Waals surface area contributed by atoms with Gasteiger partial charge in [-0.3, -0.25) is 0 Å². The summed E-state index contributed by atoms with van der Waals surface area (Å²) < 4.78 is 0. The maximum absolute atomic E-state index is 5.29. The van der Waals surface area contributed by atoms with Gasteiger partial charge >= 0.3 is 0 Å². The molecule has 0 aromatic rings. The second-order valence-corrected chi connectivity index (χ2v) is 2.26. The summed E-state index contributed by atoms with van der Waals surface area (Å²) in [6.45, 7) is 0.970. The normalized spacial score (nSPS) is 10.0. The highest BCUT2D eigenvalue weighted by molar-refractivity contribution is 4.52. The first-order chi connectivity index (χ1) is 3.63. The van der Waals surface area contributed by atoms with E-state index in [1.165, 1.54) is 0 Å². The minimum atomic E-state index is -0.155. The minimum absolute atomic E-state index is 0. The summed E-state index contributed by atoms with van der Waals surface area (Å²) in [5.41, 5.74) is 10.6. The van der Waals surface area contributed by atoms with Crippen molar-refractivity contribution in [3.8, 4) is 0 Å². The van der Waals surface area contributed by atoms with Crippen LogP contribution >= 0.6 is 0 Å². The van der Waals surface area contributed by atoms with Gasteiger partial charge in [0.2, 0.25) is 0 Å². The third-order valence-electron chi connectivity index (χ3n) is 0.910. The van der Waals surface area contributed by atoms with E-state index in [0.29, 0.717) is 0 Å². The van der Waals surface area contributed by atoms with Crippen molar-refractivity contribution in [2.24, 2.45) is 11.5 Å². The van der Waals surface area contributed by atoms with Crippen LogP contribution in [-0.2, 0) is 0 Å². The standard InChI is InChI=1S/C5H15N3.H3N/c1-8(2)4-3-5(6)7;/h5H,3-4,6-7H2,1-2H3;1H3. The summed E-state index contributed by atoms with van der Waals surface area (Å²) in [6, 6.07) is 0. The molecule has 0 saturated carbocycles. The molecule has 0 rings (SSSR count). The molecule has 0 fully saturated rings. The molecule has 58 valence electrons. The van der Waals surface area contributed by atoms with Gasteiger partial charge in [-0.25, -0.2) is 0 Å². The molecule has 0 aromatic heterocycles. The van der Waals surface area contributed by atoms with Crippen LogP contribution in [0.4, 0.5) is 0 Å². The smallest absolute Gasteiger partial charge is 0.0533 e. The molecule has 0 atom stereocenters. The van der Waals surface area contributed by atoms with E-state index in [1.54, 1.807) is 0 Å². The SMILES string of the molecule is CN(C)CCC(N)N.N. The molecule has 0 amide bonds. The number of hydrogen-bond acceptors (Lipinski definition) is 4. The molecular formula is C5H18N4. The van der Waals surface area contributed by atoms with Gasteiger partial charge in [-0.1, -0.05) is 0 Å². The Bertz CT molecular complexity index is 44.9. The minimum Gasteiger partial charge on any atom is -0.344 e. The van der Waals surface area contributed by atoms with Gasteiger partial charge in [-0.05, 0) is 20.5 Å². The Morgan fingerprint density at radius 2 is 1.78 bits per heavy atom. The van der Waals surface area contributed by atoms with Crippen LogP contribution < -0.4 is 17.6 Å². The Labute approximate surface area is 56.8 Å². The van der Waals surface area contributed by atoms with E-state index in [1.807, 2.05) is 14.1 Å². The fourth-order valence-corrected chi connectivity index (χ4v) is 0.407. The van der Waals surface area contributed by atoms with Crippen molar-refractivity contribution < 1.29 is 0 Å². The average Bonchev–Trinajstić information content (AvgIpc) is 1.61. The number of nitrogens with zero attached hydrogens (tertiary/aromatic N) is 1. The lowest BCUT2D eigenvalue weighted by Gasteiger charge is -2.10. The van der Waals surface area contributed by atoms with Crippen molar-refractivity contribution in [2.45, 2.75) is 12.6 Å². The van der Waals surface area contributed by atoms with E-state index in [0.717, 1.165) is 13.0 Å². The Morgan fingerprint density at radius 3 is 1.89 bits per heavy atom. The molecule has 7 N–H and O–H groups in total. The molecule has 0 saturated heterocycles. The molecule has 0 aliphatic rings. The molecular weight excluding hydrogens is 116 g/mol. The van der Waals surface area contributed by atoms with Crippen LogP contribution in [0.5, 0.6) is 0 Å². The Kier molecular flexibility index (Phi) is 7.70. The summed E-state index contributed by atoms with van der Waals surface area (Å²) in [5, 5.41) is 0. The van der Waals surface area contributed by atoms with Gasteiger partial charge in [0.25, 0.3) is 0 Å². The van der Waals surface area contributed by atoms with E-state index in [2.05, 4.69) is 4.90 Å². The van der Waals surface area contributed by atoms with E-state index in [-0.39, 0.29) is 12.3 Å². The summed E-state index contributed by atoms with van der Waals surface area (Å²) in [6.07, 6.45) is 0.713. The van der Waals surface area contributed by atoms with Crippen LogP contribution in [0.15, 0.2) is 0 Å². The molecule has 0 aliphatic heterocycles. The summed E-state index contributed by atoms with van der Waals surface area (Å²) in [4.78, 5) is 2.06. The first-order valence-electron chi connectivity index (χ1n) is 2.79. The molecule has 0 radical (unpaired) electrons. The van der Waals surface area contributed by atoms with Crippen LogP contribution in [0.3, 0.4) is 0 Å². The maximum Gasteiger partial charge on any atom is 0.0533 e. The zero-order chi connectivity index (χ0) is 6.57. The number of nitrogens with two attached hydrogens (primary N) is 2. The predicted molar refractivity (Wildman–Crippen MR) is 40.4 cm³/mol. The molecule has 0 aromatic carbocycles. The zero-order valence-corrected chi connectivity index (χ0v) is 6.30. The molecule has 4 nitrogen and oxygen atoms in total. The highest BCUT2D eigenvalue weighted by Gasteiger charge is 1.93. The summed E-state index contributed by atoms with van der Waals surface area (Å²) in [7, 11) is 4.00. The average molecular weight is 134 g/mol. The van der Waals surface area contributed by atoms with Gasteiger partial charge in [0, 0.05) is 6.54 Å². The zero-order valence-electron chi connectivity index (χ0n) is 6.30. The molecule has 4 heteroatoms. The van der Waals surface area contributed by atoms with E-state index >= 15 is 0 Å². The summed E-state index contributed by atoms with van der Waals surface area (Å²) in [5.74, 6) is 0. The monoisotopic (exact) mass is 134 g/mol. The molecule has 0 unspecified atom stereocenters. The topological polar surface area (TPSA) is 90.3 Å². The largest absolute Gasteiger partial charge is 0.344 e. The van der Waals surface area contributed by atoms with Crippen molar-refractivity contribution in [2.75, 3.05) is 20.6 Å². The van der Waals surface area contributed by atoms with Gasteiger partial charge in [0.1, 0.15) is 0 Å². The lowest BCUT2D eigenvalue weighted by molar-refractivity contribution is 0.382. The van der Waals surface area contributed by atoms with E-state index in [4.69, 9.17) is 11.5 Å². The predicted octanol–water partition coefficient (Wildman–Crippen LogP) is -0.656. The number of hydrogen-bond donors (Lipinski definition) is 3. The van der Waals surface area contributed by atoms with Crippen molar-refractivity contribution in [1.29, 1.82) is 0 Å². The fraction of sp³-hybridized carbons (Fsp3) is 1.00. The van der Waals surface area contributed by atoms with Crippen LogP contribution in [-0.4, -0.2) is 31.7 Å².